The summed E-state index contributed by atoms with van der Waals surface area (Å²) < 4.78 is 1.99. The molecule has 3 rings (SSSR count). The Morgan fingerprint density at radius 1 is 1.39 bits per heavy atom. The third-order valence-corrected chi connectivity index (χ3v) is 4.73. The zero-order valence-corrected chi connectivity index (χ0v) is 16.6. The van der Waals surface area contributed by atoms with Gasteiger partial charge in [-0.1, -0.05) is 24.6 Å². The van der Waals surface area contributed by atoms with E-state index in [4.69, 9.17) is 17.3 Å². The summed E-state index contributed by atoms with van der Waals surface area (Å²) in [5.74, 6) is 2.27. The fourth-order valence-electron chi connectivity index (χ4n) is 2.90. The number of fused-ring (bicyclic) bond motifs is 1. The molecule has 0 aliphatic carbocycles. The zero-order chi connectivity index (χ0) is 15.7. The van der Waals surface area contributed by atoms with Gasteiger partial charge < -0.3 is 15.2 Å². The van der Waals surface area contributed by atoms with Gasteiger partial charge in [0.2, 0.25) is 0 Å². The van der Waals surface area contributed by atoms with Gasteiger partial charge in [-0.3, -0.25) is 0 Å². The molecular weight excluding hydrogens is 425 g/mol. The Morgan fingerprint density at radius 3 is 2.74 bits per heavy atom. The molecule has 1 aliphatic rings. The Morgan fingerprint density at radius 2 is 2.09 bits per heavy atom. The lowest BCUT2D eigenvalue weighted by atomic mass is 10.00. The summed E-state index contributed by atoms with van der Waals surface area (Å²) >= 11 is 6.24. The van der Waals surface area contributed by atoms with Crippen LogP contribution in [0.15, 0.2) is 23.2 Å². The van der Waals surface area contributed by atoms with Gasteiger partial charge in [0.1, 0.15) is 12.4 Å². The van der Waals surface area contributed by atoms with E-state index in [0.29, 0.717) is 17.5 Å². The predicted octanol–water partition coefficient (Wildman–Crippen LogP) is 3.39. The van der Waals surface area contributed by atoms with Crippen LogP contribution in [0.2, 0.25) is 5.02 Å². The molecule has 2 aromatic rings. The molecule has 0 radical (unpaired) electrons. The van der Waals surface area contributed by atoms with Crippen LogP contribution >= 0.6 is 35.6 Å². The van der Waals surface area contributed by atoms with Gasteiger partial charge in [0.25, 0.3) is 0 Å². The van der Waals surface area contributed by atoms with Crippen molar-refractivity contribution in [1.29, 1.82) is 0 Å². The van der Waals surface area contributed by atoms with Gasteiger partial charge in [-0.05, 0) is 30.9 Å². The molecule has 5 nitrogen and oxygen atoms in total. The number of nitrogens with two attached hydrogens (primary N) is 1. The number of nitrogens with zero attached hydrogens (tertiary/aromatic N) is 4. The minimum absolute atomic E-state index is 0. The van der Waals surface area contributed by atoms with Gasteiger partial charge in [-0.2, -0.15) is 0 Å². The highest BCUT2D eigenvalue weighted by molar-refractivity contribution is 14.0. The molecule has 126 valence electrons. The van der Waals surface area contributed by atoms with Crippen LogP contribution in [0.4, 0.5) is 0 Å². The van der Waals surface area contributed by atoms with Gasteiger partial charge in [-0.15, -0.1) is 24.0 Å². The topological polar surface area (TPSA) is 59.4 Å². The lowest BCUT2D eigenvalue weighted by Crippen LogP contribution is -2.42. The highest BCUT2D eigenvalue weighted by Gasteiger charge is 2.17. The number of aliphatic imine (C=N–C) groups is 1. The van der Waals surface area contributed by atoms with Crippen molar-refractivity contribution in [3.8, 4) is 0 Å². The van der Waals surface area contributed by atoms with Crippen LogP contribution in [-0.4, -0.2) is 33.5 Å². The summed E-state index contributed by atoms with van der Waals surface area (Å²) in [6.07, 6.45) is 2.36. The minimum Gasteiger partial charge on any atom is -0.370 e. The Balaban J connectivity index is 0.00000192. The van der Waals surface area contributed by atoms with E-state index in [-0.39, 0.29) is 24.0 Å². The second-order valence-electron chi connectivity index (χ2n) is 6.04. The smallest absolute Gasteiger partial charge is 0.191 e. The molecule has 0 unspecified atom stereocenters. The maximum atomic E-state index is 6.24. The molecule has 1 aromatic heterocycles. The van der Waals surface area contributed by atoms with E-state index in [1.807, 2.05) is 29.8 Å². The van der Waals surface area contributed by atoms with Gasteiger partial charge >= 0.3 is 0 Å². The number of hydrogen-bond acceptors (Lipinski definition) is 2. The van der Waals surface area contributed by atoms with E-state index < -0.39 is 0 Å². The third-order valence-electron chi connectivity index (χ3n) is 4.43. The van der Waals surface area contributed by atoms with Crippen molar-refractivity contribution in [2.24, 2.45) is 23.7 Å². The van der Waals surface area contributed by atoms with Gasteiger partial charge in [0.05, 0.1) is 16.1 Å². The molecule has 2 N–H and O–H groups in total. The molecule has 7 heteroatoms. The van der Waals surface area contributed by atoms with Crippen molar-refractivity contribution in [1.82, 2.24) is 14.5 Å². The van der Waals surface area contributed by atoms with Crippen LogP contribution in [0.3, 0.4) is 0 Å². The average Bonchev–Trinajstić information content (AvgIpc) is 2.83. The predicted molar refractivity (Wildman–Crippen MR) is 106 cm³/mol. The number of piperidine rings is 1. The van der Waals surface area contributed by atoms with Gasteiger partial charge in [0.15, 0.2) is 5.96 Å². The van der Waals surface area contributed by atoms with Crippen molar-refractivity contribution >= 4 is 52.6 Å². The quantitative estimate of drug-likeness (QED) is 0.436. The molecule has 0 bridgehead atoms. The van der Waals surface area contributed by atoms with Gasteiger partial charge in [-0.25, -0.2) is 9.98 Å². The zero-order valence-electron chi connectivity index (χ0n) is 13.5. The first-order valence-corrected chi connectivity index (χ1v) is 8.08. The van der Waals surface area contributed by atoms with Crippen molar-refractivity contribution in [3.63, 3.8) is 0 Å². The van der Waals surface area contributed by atoms with Crippen molar-refractivity contribution < 1.29 is 0 Å². The number of aromatic nitrogens is 2. The molecule has 0 saturated carbocycles. The molecule has 0 amide bonds. The van der Waals surface area contributed by atoms with E-state index in [2.05, 4.69) is 21.8 Å². The summed E-state index contributed by atoms with van der Waals surface area (Å²) in [6, 6.07) is 5.75. The Kier molecular flexibility index (Phi) is 6.13. The lowest BCUT2D eigenvalue weighted by molar-refractivity contribution is 0.277. The SMILES string of the molecule is CC1CCN(C(N)=NCc2nc3cccc(Cl)c3n2C)CC1.I. The number of guanidine groups is 1. The Labute approximate surface area is 158 Å². The number of aryl methyl sites for hydroxylation is 1. The summed E-state index contributed by atoms with van der Waals surface area (Å²) in [7, 11) is 1.96. The first-order valence-electron chi connectivity index (χ1n) is 7.71. The number of para-hydroxylation sites is 1. The second-order valence-corrected chi connectivity index (χ2v) is 6.45. The summed E-state index contributed by atoms with van der Waals surface area (Å²) in [5, 5.41) is 0.709. The number of benzene rings is 1. The molecule has 0 spiro atoms. The summed E-state index contributed by atoms with van der Waals surface area (Å²) in [5.41, 5.74) is 7.97. The normalized spacial score (nSPS) is 16.7. The van der Waals surface area contributed by atoms with Crippen LogP contribution in [0.1, 0.15) is 25.6 Å². The van der Waals surface area contributed by atoms with E-state index in [0.717, 1.165) is 35.9 Å². The molecule has 2 heterocycles. The fraction of sp³-hybridized carbons (Fsp3) is 0.500. The van der Waals surface area contributed by atoms with E-state index >= 15 is 0 Å². The minimum atomic E-state index is 0. The first-order chi connectivity index (χ1) is 10.6. The number of likely N-dealkylation sites (tertiary alicyclic amines) is 1. The number of halogens is 2. The average molecular weight is 448 g/mol. The van der Waals surface area contributed by atoms with Crippen molar-refractivity contribution in [2.75, 3.05) is 13.1 Å². The largest absolute Gasteiger partial charge is 0.370 e. The van der Waals surface area contributed by atoms with Crippen LogP contribution < -0.4 is 5.73 Å². The second kappa shape index (κ2) is 7.70. The van der Waals surface area contributed by atoms with E-state index in [1.54, 1.807) is 0 Å². The Bertz CT molecular complexity index is 704. The highest BCUT2D eigenvalue weighted by atomic mass is 127. The first kappa shape index (κ1) is 18.3. The summed E-state index contributed by atoms with van der Waals surface area (Å²) in [4.78, 5) is 11.3. The molecule has 1 aromatic carbocycles. The molecule has 1 aliphatic heterocycles. The third kappa shape index (κ3) is 3.91. The standard InChI is InChI=1S/C16H22ClN5.HI/c1-11-6-8-22(9-7-11)16(18)19-10-14-20-13-5-3-4-12(17)15(13)21(14)2;/h3-5,11H,6-10H2,1-2H3,(H2,18,19);1H. The lowest BCUT2D eigenvalue weighted by Gasteiger charge is -2.30. The van der Waals surface area contributed by atoms with Crippen LogP contribution in [0.25, 0.3) is 11.0 Å². The fourth-order valence-corrected chi connectivity index (χ4v) is 3.20. The van der Waals surface area contributed by atoms with Crippen LogP contribution in [-0.2, 0) is 13.6 Å². The number of rotatable bonds is 2. The monoisotopic (exact) mass is 447 g/mol. The number of hydrogen-bond donors (Lipinski definition) is 1. The molecule has 1 fully saturated rings. The van der Waals surface area contributed by atoms with Crippen molar-refractivity contribution in [2.45, 2.75) is 26.3 Å². The van der Waals surface area contributed by atoms with E-state index in [1.165, 1.54) is 12.8 Å². The summed E-state index contributed by atoms with van der Waals surface area (Å²) in [6.45, 7) is 4.74. The molecular formula is C16H23ClIN5. The molecule has 1 saturated heterocycles. The van der Waals surface area contributed by atoms with Gasteiger partial charge in [0, 0.05) is 20.1 Å². The van der Waals surface area contributed by atoms with Crippen LogP contribution in [0.5, 0.6) is 0 Å². The maximum Gasteiger partial charge on any atom is 0.191 e. The highest BCUT2D eigenvalue weighted by Crippen LogP contribution is 2.23. The molecule has 0 atom stereocenters. The van der Waals surface area contributed by atoms with Crippen molar-refractivity contribution in [3.05, 3.63) is 29.0 Å². The molecule has 23 heavy (non-hydrogen) atoms. The Hall–Kier alpha value is -1.02. The maximum absolute atomic E-state index is 6.24. The van der Waals surface area contributed by atoms with Crippen LogP contribution in [0, 0.1) is 5.92 Å². The number of imidazole rings is 1. The van der Waals surface area contributed by atoms with E-state index in [9.17, 15) is 0 Å².